The van der Waals surface area contributed by atoms with Gasteiger partial charge in [0.25, 0.3) is 0 Å². The van der Waals surface area contributed by atoms with Crippen molar-refractivity contribution in [1.29, 1.82) is 0 Å². The molecule has 40 heavy (non-hydrogen) atoms. The summed E-state index contributed by atoms with van der Waals surface area (Å²) in [6, 6.07) is 18.9. The number of hydrogen-bond acceptors (Lipinski definition) is 6. The zero-order valence-corrected chi connectivity index (χ0v) is 24.6. The number of fused-ring (bicyclic) bond motifs is 1. The molecule has 210 valence electrons. The minimum atomic E-state index is -0.0751. The number of ether oxygens (including phenoxy) is 1. The fraction of sp³-hybridized carbons (Fsp3) is 0.452. The minimum absolute atomic E-state index is 0.0751. The average Bonchev–Trinajstić information content (AvgIpc) is 3.42. The van der Waals surface area contributed by atoms with Crippen LogP contribution in [0, 0.1) is 5.92 Å². The van der Waals surface area contributed by atoms with Gasteiger partial charge in [-0.25, -0.2) is 0 Å². The second-order valence-corrected chi connectivity index (χ2v) is 12.3. The molecular formula is C31H37ClN6OS. The highest BCUT2D eigenvalue weighted by atomic mass is 35.5. The number of nitrogens with one attached hydrogen (secondary N) is 2. The molecule has 1 aromatic heterocycles. The molecule has 2 fully saturated rings. The molecule has 2 N–H and O–H groups in total. The molecule has 2 saturated heterocycles. The second kappa shape index (κ2) is 11.9. The quantitative estimate of drug-likeness (QED) is 0.351. The summed E-state index contributed by atoms with van der Waals surface area (Å²) >= 11 is 12.0. The van der Waals surface area contributed by atoms with Crippen LogP contribution in [0.1, 0.15) is 49.3 Å². The van der Waals surface area contributed by atoms with Gasteiger partial charge in [0.2, 0.25) is 5.95 Å². The highest BCUT2D eigenvalue weighted by Crippen LogP contribution is 2.35. The van der Waals surface area contributed by atoms with Crippen LogP contribution in [0.3, 0.4) is 0 Å². The average molecular weight is 577 g/mol. The Balaban J connectivity index is 1.20. The van der Waals surface area contributed by atoms with Crippen molar-refractivity contribution in [3.8, 4) is 0 Å². The lowest BCUT2D eigenvalue weighted by Crippen LogP contribution is -2.45. The summed E-state index contributed by atoms with van der Waals surface area (Å²) in [7, 11) is 0. The molecule has 0 unspecified atom stereocenters. The summed E-state index contributed by atoms with van der Waals surface area (Å²) in [5.74, 6) is 3.16. The van der Waals surface area contributed by atoms with Gasteiger partial charge in [-0.15, -0.1) is 0 Å². The fourth-order valence-electron chi connectivity index (χ4n) is 6.06. The number of nitrogens with zero attached hydrogens (tertiary/aromatic N) is 4. The minimum Gasteiger partial charge on any atom is -0.381 e. The van der Waals surface area contributed by atoms with Crippen LogP contribution in [0.5, 0.6) is 0 Å². The Morgan fingerprint density at radius 2 is 1.60 bits per heavy atom. The zero-order chi connectivity index (χ0) is 27.5. The number of rotatable bonds is 6. The number of halogens is 1. The van der Waals surface area contributed by atoms with Gasteiger partial charge in [0.15, 0.2) is 5.11 Å². The number of benzene rings is 2. The van der Waals surface area contributed by atoms with E-state index in [1.807, 2.05) is 12.1 Å². The molecule has 6 rings (SSSR count). The number of aromatic nitrogens is 2. The van der Waals surface area contributed by atoms with Gasteiger partial charge < -0.3 is 25.2 Å². The third-order valence-electron chi connectivity index (χ3n) is 8.69. The van der Waals surface area contributed by atoms with E-state index in [4.69, 9.17) is 38.5 Å². The van der Waals surface area contributed by atoms with Crippen molar-refractivity contribution in [3.05, 3.63) is 76.3 Å². The third-order valence-corrected chi connectivity index (χ3v) is 9.19. The molecular weight excluding hydrogens is 540 g/mol. The Morgan fingerprint density at radius 3 is 2.25 bits per heavy atom. The Bertz CT molecular complexity index is 1310. The maximum Gasteiger partial charge on any atom is 0.232 e. The molecule has 0 aliphatic carbocycles. The first-order chi connectivity index (χ1) is 19.5. The van der Waals surface area contributed by atoms with E-state index in [1.54, 1.807) is 0 Å². The van der Waals surface area contributed by atoms with Crippen molar-refractivity contribution in [2.75, 3.05) is 48.0 Å². The standard InChI is InChI=1S/C31H37ClN6OS/c1-22-10-14-37(15-11-22)27-18-28(38-19-23-4-2-3-5-24(23)20-38)35-29(34-27)36-30(40)33-21-31(12-16-39-17-13-31)25-6-8-26(32)9-7-25/h2-9,18,22H,10-17,19-21H2,1H3,(H2,33,34,35,36,40). The van der Waals surface area contributed by atoms with Crippen LogP contribution in [0.4, 0.5) is 17.6 Å². The van der Waals surface area contributed by atoms with E-state index in [1.165, 1.54) is 29.5 Å². The Labute approximate surface area is 247 Å². The summed E-state index contributed by atoms with van der Waals surface area (Å²) in [6.07, 6.45) is 4.19. The second-order valence-electron chi connectivity index (χ2n) is 11.4. The zero-order valence-electron chi connectivity index (χ0n) is 23.0. The molecule has 7 nitrogen and oxygen atoms in total. The van der Waals surface area contributed by atoms with E-state index in [0.717, 1.165) is 74.8 Å². The number of hydrogen-bond donors (Lipinski definition) is 2. The lowest BCUT2D eigenvalue weighted by atomic mass is 9.74. The Hall–Kier alpha value is -2.94. The molecule has 0 bridgehead atoms. The van der Waals surface area contributed by atoms with Gasteiger partial charge in [0.05, 0.1) is 0 Å². The number of thiocarbonyl (C=S) groups is 1. The summed E-state index contributed by atoms with van der Waals surface area (Å²) in [5, 5.41) is 8.08. The van der Waals surface area contributed by atoms with E-state index in [0.29, 0.717) is 17.6 Å². The highest BCUT2D eigenvalue weighted by molar-refractivity contribution is 7.80. The maximum absolute atomic E-state index is 6.18. The van der Waals surface area contributed by atoms with Gasteiger partial charge in [0.1, 0.15) is 11.6 Å². The first kappa shape index (κ1) is 27.2. The predicted octanol–water partition coefficient (Wildman–Crippen LogP) is 5.92. The van der Waals surface area contributed by atoms with Crippen molar-refractivity contribution in [2.45, 2.75) is 51.1 Å². The lowest BCUT2D eigenvalue weighted by Gasteiger charge is -2.38. The molecule has 4 heterocycles. The molecule has 3 aromatic rings. The van der Waals surface area contributed by atoms with Gasteiger partial charge in [-0.2, -0.15) is 9.97 Å². The van der Waals surface area contributed by atoms with Crippen molar-refractivity contribution in [3.63, 3.8) is 0 Å². The first-order valence-electron chi connectivity index (χ1n) is 14.3. The predicted molar refractivity (Wildman–Crippen MR) is 166 cm³/mol. The topological polar surface area (TPSA) is 65.5 Å². The first-order valence-corrected chi connectivity index (χ1v) is 15.1. The summed E-state index contributed by atoms with van der Waals surface area (Å²) in [5.41, 5.74) is 3.88. The van der Waals surface area contributed by atoms with E-state index in [2.05, 4.69) is 69.8 Å². The van der Waals surface area contributed by atoms with Crippen LogP contribution in [0.2, 0.25) is 5.02 Å². The van der Waals surface area contributed by atoms with Crippen LogP contribution in [0.15, 0.2) is 54.6 Å². The number of piperidine rings is 1. The van der Waals surface area contributed by atoms with Crippen molar-refractivity contribution in [1.82, 2.24) is 15.3 Å². The van der Waals surface area contributed by atoms with Crippen molar-refractivity contribution < 1.29 is 4.74 Å². The smallest absolute Gasteiger partial charge is 0.232 e. The van der Waals surface area contributed by atoms with Gasteiger partial charge in [0, 0.05) is 62.4 Å². The monoisotopic (exact) mass is 576 g/mol. The number of anilines is 3. The summed E-state index contributed by atoms with van der Waals surface area (Å²) in [6.45, 7) is 8.18. The van der Waals surface area contributed by atoms with Crippen LogP contribution in [0.25, 0.3) is 0 Å². The SMILES string of the molecule is CC1CCN(c2cc(N3Cc4ccccc4C3)nc(NC(=S)NCC3(c4ccc(Cl)cc4)CCOCC3)n2)CC1. The molecule has 0 amide bonds. The Morgan fingerprint density at radius 1 is 0.975 bits per heavy atom. The van der Waals surface area contributed by atoms with E-state index < -0.39 is 0 Å². The highest BCUT2D eigenvalue weighted by Gasteiger charge is 2.34. The van der Waals surface area contributed by atoms with Crippen LogP contribution < -0.4 is 20.4 Å². The Kier molecular flexibility index (Phi) is 8.10. The van der Waals surface area contributed by atoms with Gasteiger partial charge in [-0.1, -0.05) is 54.9 Å². The van der Waals surface area contributed by atoms with Crippen LogP contribution >= 0.6 is 23.8 Å². The molecule has 3 aliphatic rings. The molecule has 0 radical (unpaired) electrons. The lowest BCUT2D eigenvalue weighted by molar-refractivity contribution is 0.0515. The molecule has 2 aromatic carbocycles. The largest absolute Gasteiger partial charge is 0.381 e. The van der Waals surface area contributed by atoms with Crippen molar-refractivity contribution >= 4 is 46.5 Å². The molecule has 3 aliphatic heterocycles. The van der Waals surface area contributed by atoms with Gasteiger partial charge >= 0.3 is 0 Å². The molecule has 9 heteroatoms. The van der Waals surface area contributed by atoms with E-state index in [9.17, 15) is 0 Å². The van der Waals surface area contributed by atoms with E-state index >= 15 is 0 Å². The maximum atomic E-state index is 6.18. The van der Waals surface area contributed by atoms with E-state index in [-0.39, 0.29) is 5.41 Å². The van der Waals surface area contributed by atoms with Crippen molar-refractivity contribution in [2.24, 2.45) is 5.92 Å². The van der Waals surface area contributed by atoms with Crippen LogP contribution in [-0.2, 0) is 23.2 Å². The molecule has 0 spiro atoms. The summed E-state index contributed by atoms with van der Waals surface area (Å²) < 4.78 is 5.70. The van der Waals surface area contributed by atoms with Crippen LogP contribution in [-0.4, -0.2) is 47.9 Å². The molecule has 0 atom stereocenters. The fourth-order valence-corrected chi connectivity index (χ4v) is 6.35. The van der Waals surface area contributed by atoms with Gasteiger partial charge in [-0.05, 0) is 72.6 Å². The van der Waals surface area contributed by atoms with Gasteiger partial charge in [-0.3, -0.25) is 0 Å². The third kappa shape index (κ3) is 6.04. The normalized spacial score (nSPS) is 18.9. The summed E-state index contributed by atoms with van der Waals surface area (Å²) in [4.78, 5) is 14.6. The molecule has 0 saturated carbocycles.